The molecule has 0 aromatic heterocycles. The number of hydrogen-bond donors (Lipinski definition) is 4. The van der Waals surface area contributed by atoms with Crippen molar-refractivity contribution < 1.29 is 34.7 Å². The normalized spacial score (nSPS) is 23.5. The third-order valence-electron chi connectivity index (χ3n) is 9.14. The number of esters is 1. The molecule has 1 saturated heterocycles. The summed E-state index contributed by atoms with van der Waals surface area (Å²) in [5, 5.41) is 41.6. The van der Waals surface area contributed by atoms with E-state index in [1.54, 1.807) is 6.08 Å². The molecule has 4 N–H and O–H groups in total. The van der Waals surface area contributed by atoms with Crippen LogP contribution in [0.3, 0.4) is 0 Å². The van der Waals surface area contributed by atoms with Crippen LogP contribution in [0.4, 0.5) is 0 Å². The Hall–Kier alpha value is -0.990. The number of aliphatic hydroxyl groups excluding tert-OH is 4. The van der Waals surface area contributed by atoms with Crippen LogP contribution in [-0.4, -0.2) is 69.1 Å². The van der Waals surface area contributed by atoms with Crippen LogP contribution < -0.4 is 0 Å². The maximum absolute atomic E-state index is 11.7. The highest BCUT2D eigenvalue weighted by Gasteiger charge is 2.31. The van der Waals surface area contributed by atoms with Gasteiger partial charge < -0.3 is 29.9 Å². The Balaban J connectivity index is 1.42. The van der Waals surface area contributed by atoms with Crippen LogP contribution in [0.25, 0.3) is 0 Å². The van der Waals surface area contributed by atoms with Gasteiger partial charge in [-0.15, -0.1) is 0 Å². The van der Waals surface area contributed by atoms with Crippen LogP contribution in [0.2, 0.25) is 0 Å². The molecule has 0 aromatic rings. The molecule has 0 radical (unpaired) electrons. The van der Waals surface area contributed by atoms with Gasteiger partial charge in [-0.2, -0.15) is 0 Å². The van der Waals surface area contributed by atoms with Crippen molar-refractivity contribution in [3.8, 4) is 0 Å². The van der Waals surface area contributed by atoms with E-state index in [9.17, 15) is 25.2 Å². The summed E-state index contributed by atoms with van der Waals surface area (Å²) in [6.07, 6.45) is 22.4. The Bertz CT molecular complexity index is 726. The minimum Gasteiger partial charge on any atom is -0.455 e. The number of cyclic esters (lactones) is 1. The lowest BCUT2D eigenvalue weighted by molar-refractivity contribution is -0.139. The Morgan fingerprint density at radius 2 is 1.31 bits per heavy atom. The quantitative estimate of drug-likeness (QED) is 0.0624. The van der Waals surface area contributed by atoms with Gasteiger partial charge in [0.15, 0.2) is 0 Å². The van der Waals surface area contributed by atoms with Crippen molar-refractivity contribution in [2.75, 3.05) is 0 Å². The highest BCUT2D eigenvalue weighted by Crippen LogP contribution is 2.28. The molecule has 2 aliphatic heterocycles. The average molecular weight is 597 g/mol. The van der Waals surface area contributed by atoms with Gasteiger partial charge in [-0.1, -0.05) is 103 Å². The molecule has 0 aromatic carbocycles. The van der Waals surface area contributed by atoms with Crippen molar-refractivity contribution >= 4 is 5.97 Å². The third-order valence-corrected chi connectivity index (χ3v) is 9.14. The fourth-order valence-corrected chi connectivity index (χ4v) is 6.40. The van der Waals surface area contributed by atoms with Crippen molar-refractivity contribution in [2.24, 2.45) is 0 Å². The topological polar surface area (TPSA) is 116 Å². The maximum atomic E-state index is 11.7. The third kappa shape index (κ3) is 16.2. The second kappa shape index (κ2) is 22.5. The number of aliphatic hydroxyl groups is 4. The number of hydrogen-bond acceptors (Lipinski definition) is 7. The van der Waals surface area contributed by atoms with Crippen LogP contribution in [-0.2, 0) is 14.3 Å². The van der Waals surface area contributed by atoms with Crippen molar-refractivity contribution in [3.05, 3.63) is 11.6 Å². The summed E-state index contributed by atoms with van der Waals surface area (Å²) in [5.41, 5.74) is 0.600. The highest BCUT2D eigenvalue weighted by molar-refractivity contribution is 5.90. The Morgan fingerprint density at radius 1 is 0.738 bits per heavy atom. The molecule has 7 nitrogen and oxygen atoms in total. The van der Waals surface area contributed by atoms with Gasteiger partial charge in [0.1, 0.15) is 6.10 Å². The number of carbonyl (C=O) groups excluding carboxylic acids is 1. The minimum atomic E-state index is -0.781. The standard InChI is InChI=1S/C35H64O7/c1-3-4-5-6-7-8-9-10-14-17-20-31(37)32(38)22-23-33(39)34-24-21-30(42-34)19-16-13-11-12-15-18-29(36)26-28-25-27(2)41-35(28)40/h25,27,29-34,36-39H,3-24,26H2,1-2H3/t27-,29+,30?,31-,32-,33-,34?/m0/s1. The van der Waals surface area contributed by atoms with Crippen LogP contribution in [0.5, 0.6) is 0 Å². The van der Waals surface area contributed by atoms with Gasteiger partial charge in [0, 0.05) is 12.0 Å². The van der Waals surface area contributed by atoms with Crippen molar-refractivity contribution in [1.29, 1.82) is 0 Å². The highest BCUT2D eigenvalue weighted by atomic mass is 16.5. The van der Waals surface area contributed by atoms with Crippen LogP contribution in [0.1, 0.15) is 162 Å². The molecule has 7 heteroatoms. The van der Waals surface area contributed by atoms with Crippen LogP contribution in [0.15, 0.2) is 11.6 Å². The molecule has 0 saturated carbocycles. The molecule has 0 aliphatic carbocycles. The summed E-state index contributed by atoms with van der Waals surface area (Å²) >= 11 is 0. The molecular weight excluding hydrogens is 532 g/mol. The lowest BCUT2D eigenvalue weighted by atomic mass is 9.97. The van der Waals surface area contributed by atoms with Crippen LogP contribution in [0, 0.1) is 0 Å². The van der Waals surface area contributed by atoms with E-state index in [1.165, 1.54) is 51.4 Å². The molecule has 246 valence electrons. The first kappa shape index (κ1) is 37.2. The number of carbonyl (C=O) groups is 1. The fourth-order valence-electron chi connectivity index (χ4n) is 6.40. The predicted octanol–water partition coefficient (Wildman–Crippen LogP) is 7.06. The first-order chi connectivity index (χ1) is 20.3. The van der Waals surface area contributed by atoms with E-state index in [0.717, 1.165) is 64.2 Å². The molecule has 2 aliphatic rings. The number of unbranched alkanes of at least 4 members (excludes halogenated alkanes) is 13. The largest absolute Gasteiger partial charge is 0.455 e. The van der Waals surface area contributed by atoms with E-state index in [1.807, 2.05) is 6.92 Å². The van der Waals surface area contributed by atoms with Crippen LogP contribution >= 0.6 is 0 Å². The number of ether oxygens (including phenoxy) is 2. The van der Waals surface area contributed by atoms with Crippen molar-refractivity contribution in [2.45, 2.75) is 204 Å². The SMILES string of the molecule is CCCCCCCCCCCC[C@H](O)[C@@H](O)CC[C@H](O)C1CCC(CCCCCCC[C@@H](O)CC2=C[C@H](C)OC2=O)O1. The summed E-state index contributed by atoms with van der Waals surface area (Å²) in [5.74, 6) is -0.295. The molecule has 7 atom stereocenters. The van der Waals surface area contributed by atoms with E-state index < -0.39 is 24.4 Å². The summed E-state index contributed by atoms with van der Waals surface area (Å²) in [6, 6.07) is 0. The summed E-state index contributed by atoms with van der Waals surface area (Å²) in [7, 11) is 0. The molecule has 0 bridgehead atoms. The molecule has 0 amide bonds. The maximum Gasteiger partial charge on any atom is 0.334 e. The van der Waals surface area contributed by atoms with Gasteiger partial charge in [-0.05, 0) is 57.9 Å². The Morgan fingerprint density at radius 3 is 1.93 bits per heavy atom. The first-order valence-corrected chi connectivity index (χ1v) is 17.6. The van der Waals surface area contributed by atoms with Gasteiger partial charge in [0.25, 0.3) is 0 Å². The zero-order chi connectivity index (χ0) is 30.6. The predicted molar refractivity (Wildman–Crippen MR) is 168 cm³/mol. The molecule has 2 rings (SSSR count). The van der Waals surface area contributed by atoms with Gasteiger partial charge >= 0.3 is 5.97 Å². The van der Waals surface area contributed by atoms with Crippen molar-refractivity contribution in [3.63, 3.8) is 0 Å². The Labute approximate surface area is 256 Å². The number of rotatable bonds is 26. The second-order valence-corrected chi connectivity index (χ2v) is 13.1. The van der Waals surface area contributed by atoms with E-state index in [2.05, 4.69) is 6.92 Å². The minimum absolute atomic E-state index is 0.168. The molecule has 1 fully saturated rings. The zero-order valence-electron chi connectivity index (χ0n) is 26.9. The van der Waals surface area contributed by atoms with Gasteiger partial charge in [0.2, 0.25) is 0 Å². The summed E-state index contributed by atoms with van der Waals surface area (Å²) in [4.78, 5) is 11.7. The first-order valence-electron chi connectivity index (χ1n) is 17.6. The van der Waals surface area contributed by atoms with Crippen molar-refractivity contribution in [1.82, 2.24) is 0 Å². The fraction of sp³-hybridized carbons (Fsp3) is 0.914. The monoisotopic (exact) mass is 596 g/mol. The molecule has 2 unspecified atom stereocenters. The lowest BCUT2D eigenvalue weighted by Crippen LogP contribution is -2.31. The summed E-state index contributed by atoms with van der Waals surface area (Å²) in [6.45, 7) is 4.07. The smallest absolute Gasteiger partial charge is 0.334 e. The Kier molecular flexibility index (Phi) is 19.9. The average Bonchev–Trinajstić information content (AvgIpc) is 3.57. The molecule has 2 heterocycles. The van der Waals surface area contributed by atoms with E-state index in [4.69, 9.17) is 9.47 Å². The van der Waals surface area contributed by atoms with Gasteiger partial charge in [-0.3, -0.25) is 0 Å². The lowest BCUT2D eigenvalue weighted by Gasteiger charge is -2.22. The van der Waals surface area contributed by atoms with E-state index in [-0.39, 0.29) is 24.3 Å². The second-order valence-electron chi connectivity index (χ2n) is 13.1. The molecule has 42 heavy (non-hydrogen) atoms. The molecule has 0 spiro atoms. The van der Waals surface area contributed by atoms with E-state index >= 15 is 0 Å². The zero-order valence-corrected chi connectivity index (χ0v) is 26.9. The molecular formula is C35H64O7. The summed E-state index contributed by atoms with van der Waals surface area (Å²) < 4.78 is 11.2. The van der Waals surface area contributed by atoms with E-state index in [0.29, 0.717) is 37.7 Å². The van der Waals surface area contributed by atoms with Gasteiger partial charge in [0.05, 0.1) is 36.6 Å². The van der Waals surface area contributed by atoms with Gasteiger partial charge in [-0.25, -0.2) is 4.79 Å².